The largest absolute Gasteiger partial charge is 0.214 e. The van der Waals surface area contributed by atoms with Crippen LogP contribution in [0, 0.1) is 5.41 Å². The molecular weight excluding hydrogens is 134 g/mol. The van der Waals surface area contributed by atoms with Gasteiger partial charge in [-0.15, -0.1) is 0 Å². The van der Waals surface area contributed by atoms with Crippen molar-refractivity contribution in [1.82, 2.24) is 0 Å². The van der Waals surface area contributed by atoms with Gasteiger partial charge in [-0.25, -0.2) is 4.99 Å². The van der Waals surface area contributed by atoms with E-state index >= 15 is 0 Å². The van der Waals surface area contributed by atoms with Crippen molar-refractivity contribution in [1.29, 1.82) is 0 Å². The summed E-state index contributed by atoms with van der Waals surface area (Å²) in [6.45, 7) is 6.51. The van der Waals surface area contributed by atoms with E-state index in [-0.39, 0.29) is 5.41 Å². The molecule has 11 heavy (non-hydrogen) atoms. The molecule has 0 N–H and O–H groups in total. The molecule has 1 aliphatic heterocycles. The van der Waals surface area contributed by atoms with Crippen molar-refractivity contribution >= 4 is 5.87 Å². The fourth-order valence-electron chi connectivity index (χ4n) is 0.831. The average molecular weight is 147 g/mol. The first kappa shape index (κ1) is 8.03. The monoisotopic (exact) mass is 147 g/mol. The van der Waals surface area contributed by atoms with E-state index in [0.717, 1.165) is 0 Å². The third kappa shape index (κ3) is 2.21. The van der Waals surface area contributed by atoms with Crippen molar-refractivity contribution in [3.8, 4) is 0 Å². The summed E-state index contributed by atoms with van der Waals surface area (Å²) in [5.74, 6) is 2.79. The fourth-order valence-corrected chi connectivity index (χ4v) is 0.831. The lowest BCUT2D eigenvalue weighted by Gasteiger charge is -2.18. The van der Waals surface area contributed by atoms with Gasteiger partial charge in [-0.05, 0) is 22.9 Å². The van der Waals surface area contributed by atoms with Crippen LogP contribution < -0.4 is 0 Å². The molecule has 1 heterocycles. The van der Waals surface area contributed by atoms with Crippen LogP contribution in [-0.2, 0) is 0 Å². The summed E-state index contributed by atoms with van der Waals surface area (Å²) in [6.07, 6.45) is 7.71. The Morgan fingerprint density at radius 1 is 1.36 bits per heavy atom. The van der Waals surface area contributed by atoms with Gasteiger partial charge in [0, 0.05) is 6.20 Å². The molecule has 0 aliphatic carbocycles. The van der Waals surface area contributed by atoms with Gasteiger partial charge in [-0.3, -0.25) is 0 Å². The SMILES string of the molecule is CC(C)(C)C1=CN=C=CC=C1. The van der Waals surface area contributed by atoms with Gasteiger partial charge in [-0.1, -0.05) is 32.9 Å². The summed E-state index contributed by atoms with van der Waals surface area (Å²) >= 11 is 0. The van der Waals surface area contributed by atoms with Crippen molar-refractivity contribution in [3.63, 3.8) is 0 Å². The van der Waals surface area contributed by atoms with E-state index in [1.807, 2.05) is 18.4 Å². The minimum Gasteiger partial charge on any atom is -0.214 e. The van der Waals surface area contributed by atoms with Crippen LogP contribution in [0.1, 0.15) is 20.8 Å². The number of hydrogen-bond acceptors (Lipinski definition) is 1. The van der Waals surface area contributed by atoms with E-state index in [1.165, 1.54) is 5.57 Å². The van der Waals surface area contributed by atoms with Crippen LogP contribution in [0.4, 0.5) is 0 Å². The van der Waals surface area contributed by atoms with E-state index in [4.69, 9.17) is 0 Å². The molecule has 0 unspecified atom stereocenters. The maximum Gasteiger partial charge on any atom is 0.0405 e. The Morgan fingerprint density at radius 3 is 2.73 bits per heavy atom. The van der Waals surface area contributed by atoms with Gasteiger partial charge in [0.2, 0.25) is 0 Å². The quantitative estimate of drug-likeness (QED) is 0.499. The van der Waals surface area contributed by atoms with Crippen molar-refractivity contribution < 1.29 is 0 Å². The van der Waals surface area contributed by atoms with E-state index in [0.29, 0.717) is 0 Å². The topological polar surface area (TPSA) is 12.4 Å². The molecular formula is C10H13N. The molecule has 0 saturated carbocycles. The molecule has 1 rings (SSSR count). The fraction of sp³-hybridized carbons (Fsp3) is 0.400. The van der Waals surface area contributed by atoms with Crippen LogP contribution in [0.25, 0.3) is 0 Å². The maximum atomic E-state index is 3.99. The zero-order valence-electron chi connectivity index (χ0n) is 7.26. The molecule has 0 aromatic heterocycles. The van der Waals surface area contributed by atoms with E-state index < -0.39 is 0 Å². The smallest absolute Gasteiger partial charge is 0.0405 e. The number of hydrogen-bond donors (Lipinski definition) is 0. The Kier molecular flexibility index (Phi) is 2.11. The van der Waals surface area contributed by atoms with Crippen LogP contribution in [0.15, 0.2) is 35.0 Å². The second-order valence-corrected chi connectivity index (χ2v) is 3.62. The Bertz CT molecular complexity index is 255. The molecule has 0 atom stereocenters. The van der Waals surface area contributed by atoms with Gasteiger partial charge >= 0.3 is 0 Å². The zero-order valence-corrected chi connectivity index (χ0v) is 7.26. The Balaban J connectivity index is 2.93. The van der Waals surface area contributed by atoms with Crippen LogP contribution in [0.2, 0.25) is 0 Å². The van der Waals surface area contributed by atoms with Gasteiger partial charge < -0.3 is 0 Å². The highest BCUT2D eigenvalue weighted by molar-refractivity contribution is 5.57. The Labute approximate surface area is 67.8 Å². The Hall–Kier alpha value is -1.07. The lowest BCUT2D eigenvalue weighted by atomic mass is 9.87. The first-order valence-corrected chi connectivity index (χ1v) is 3.76. The molecule has 1 heteroatoms. The number of allylic oxidation sites excluding steroid dienone is 4. The lowest BCUT2D eigenvalue weighted by molar-refractivity contribution is 0.516. The van der Waals surface area contributed by atoms with Crippen molar-refractivity contribution in [2.75, 3.05) is 0 Å². The third-order valence-electron chi connectivity index (χ3n) is 1.59. The highest BCUT2D eigenvalue weighted by Crippen LogP contribution is 2.26. The summed E-state index contributed by atoms with van der Waals surface area (Å²) in [5.41, 5.74) is 1.42. The van der Waals surface area contributed by atoms with Crippen LogP contribution >= 0.6 is 0 Å². The predicted octanol–water partition coefficient (Wildman–Crippen LogP) is 2.71. The minimum absolute atomic E-state index is 0.180. The predicted molar refractivity (Wildman–Crippen MR) is 48.7 cm³/mol. The summed E-state index contributed by atoms with van der Waals surface area (Å²) in [4.78, 5) is 3.99. The molecule has 0 radical (unpaired) electrons. The molecule has 0 spiro atoms. The summed E-state index contributed by atoms with van der Waals surface area (Å²) in [6, 6.07) is 0. The number of aliphatic imine (C=N–C) groups is 1. The van der Waals surface area contributed by atoms with E-state index in [9.17, 15) is 0 Å². The molecule has 58 valence electrons. The van der Waals surface area contributed by atoms with Crippen LogP contribution in [0.3, 0.4) is 0 Å². The first-order chi connectivity index (χ1) is 5.11. The van der Waals surface area contributed by atoms with Gasteiger partial charge in [-0.2, -0.15) is 0 Å². The third-order valence-corrected chi connectivity index (χ3v) is 1.59. The minimum atomic E-state index is 0.180. The molecule has 0 saturated heterocycles. The van der Waals surface area contributed by atoms with Gasteiger partial charge in [0.05, 0.1) is 0 Å². The van der Waals surface area contributed by atoms with Crippen molar-refractivity contribution in [2.24, 2.45) is 10.4 Å². The molecule has 0 fully saturated rings. The van der Waals surface area contributed by atoms with Crippen molar-refractivity contribution in [2.45, 2.75) is 20.8 Å². The second-order valence-electron chi connectivity index (χ2n) is 3.62. The number of nitrogens with zero attached hydrogens (tertiary/aromatic N) is 1. The maximum absolute atomic E-state index is 3.99. The molecule has 1 nitrogen and oxygen atoms in total. The highest BCUT2D eigenvalue weighted by atomic mass is 14.7. The second kappa shape index (κ2) is 2.89. The van der Waals surface area contributed by atoms with Crippen LogP contribution in [-0.4, -0.2) is 5.87 Å². The van der Waals surface area contributed by atoms with E-state index in [2.05, 4.69) is 37.7 Å². The average Bonchev–Trinajstić information content (AvgIpc) is 2.10. The molecule has 0 aromatic carbocycles. The van der Waals surface area contributed by atoms with Gasteiger partial charge in [0.25, 0.3) is 0 Å². The van der Waals surface area contributed by atoms with E-state index in [1.54, 1.807) is 0 Å². The van der Waals surface area contributed by atoms with Crippen molar-refractivity contribution in [3.05, 3.63) is 30.0 Å². The molecule has 0 aromatic rings. The number of rotatable bonds is 0. The summed E-state index contributed by atoms with van der Waals surface area (Å²) < 4.78 is 0. The Morgan fingerprint density at radius 2 is 2.09 bits per heavy atom. The normalized spacial score (nSPS) is 16.5. The highest BCUT2D eigenvalue weighted by Gasteiger charge is 2.13. The first-order valence-electron chi connectivity index (χ1n) is 3.76. The summed E-state index contributed by atoms with van der Waals surface area (Å²) in [5, 5.41) is 0. The standard InChI is InChI=1S/C10H13N/c1-10(2,3)9-6-4-5-7-11-8-9/h4-6,8H,1-3H3. The molecule has 0 amide bonds. The zero-order chi connectivity index (χ0) is 8.32. The molecule has 1 aliphatic rings. The van der Waals surface area contributed by atoms with Gasteiger partial charge in [0.15, 0.2) is 0 Å². The lowest BCUT2D eigenvalue weighted by Crippen LogP contribution is -2.06. The molecule has 0 bridgehead atoms. The van der Waals surface area contributed by atoms with Crippen LogP contribution in [0.5, 0.6) is 0 Å². The summed E-state index contributed by atoms with van der Waals surface area (Å²) in [7, 11) is 0. The van der Waals surface area contributed by atoms with Gasteiger partial charge in [0.1, 0.15) is 0 Å².